The second kappa shape index (κ2) is 7.44. The maximum Gasteiger partial charge on any atom is 0.499 e. The van der Waals surface area contributed by atoms with Gasteiger partial charge in [0.1, 0.15) is 5.75 Å². The molecule has 1 fully saturated rings. The SMILES string of the molecule is FC(F)(F)C(F)(F)Oc1ccccc1COCC1[CH]NCCC1. The number of rotatable bonds is 6. The average molecular weight is 338 g/mol. The van der Waals surface area contributed by atoms with Gasteiger partial charge in [0, 0.05) is 12.1 Å². The lowest BCUT2D eigenvalue weighted by molar-refractivity contribution is -0.360. The third-order valence-electron chi connectivity index (χ3n) is 3.38. The number of nitrogens with one attached hydrogen (secondary N) is 1. The lowest BCUT2D eigenvalue weighted by Crippen LogP contribution is -2.42. The van der Waals surface area contributed by atoms with Gasteiger partial charge in [0.25, 0.3) is 0 Å². The molecule has 3 nitrogen and oxygen atoms in total. The lowest BCUT2D eigenvalue weighted by atomic mass is 10.0. The Morgan fingerprint density at radius 2 is 1.87 bits per heavy atom. The lowest BCUT2D eigenvalue weighted by Gasteiger charge is -2.23. The summed E-state index contributed by atoms with van der Waals surface area (Å²) in [4.78, 5) is 0. The smallest absolute Gasteiger partial charge is 0.425 e. The first-order valence-electron chi connectivity index (χ1n) is 7.15. The van der Waals surface area contributed by atoms with Crippen LogP contribution in [0.2, 0.25) is 0 Å². The minimum absolute atomic E-state index is 0.103. The van der Waals surface area contributed by atoms with Crippen molar-refractivity contribution >= 4 is 0 Å². The van der Waals surface area contributed by atoms with Crippen LogP contribution < -0.4 is 10.1 Å². The molecule has 0 aliphatic carbocycles. The zero-order valence-corrected chi connectivity index (χ0v) is 12.2. The Hall–Kier alpha value is -1.41. The van der Waals surface area contributed by atoms with Gasteiger partial charge in [-0.25, -0.2) is 0 Å². The first-order valence-corrected chi connectivity index (χ1v) is 7.15. The molecule has 1 aromatic carbocycles. The van der Waals surface area contributed by atoms with Crippen molar-refractivity contribution in [2.24, 2.45) is 5.92 Å². The van der Waals surface area contributed by atoms with E-state index in [0.717, 1.165) is 25.5 Å². The summed E-state index contributed by atoms with van der Waals surface area (Å²) in [5.41, 5.74) is 0.139. The topological polar surface area (TPSA) is 30.5 Å². The first kappa shape index (κ1) is 17.9. The van der Waals surface area contributed by atoms with E-state index in [0.29, 0.717) is 6.61 Å². The van der Waals surface area contributed by atoms with Crippen molar-refractivity contribution in [1.29, 1.82) is 0 Å². The third-order valence-corrected chi connectivity index (χ3v) is 3.38. The van der Waals surface area contributed by atoms with Crippen LogP contribution in [0.15, 0.2) is 24.3 Å². The first-order chi connectivity index (χ1) is 10.8. The van der Waals surface area contributed by atoms with Gasteiger partial charge < -0.3 is 14.8 Å². The van der Waals surface area contributed by atoms with Gasteiger partial charge >= 0.3 is 12.3 Å². The second-order valence-corrected chi connectivity index (χ2v) is 5.26. The van der Waals surface area contributed by atoms with E-state index in [9.17, 15) is 22.0 Å². The van der Waals surface area contributed by atoms with E-state index in [1.165, 1.54) is 18.2 Å². The molecule has 1 aromatic rings. The molecule has 1 aliphatic rings. The number of hydrogen-bond donors (Lipinski definition) is 1. The minimum Gasteiger partial charge on any atom is -0.425 e. The van der Waals surface area contributed by atoms with Crippen LogP contribution in [0.4, 0.5) is 22.0 Å². The van der Waals surface area contributed by atoms with Crippen molar-refractivity contribution < 1.29 is 31.4 Å². The van der Waals surface area contributed by atoms with Gasteiger partial charge in [-0.1, -0.05) is 18.2 Å². The van der Waals surface area contributed by atoms with Crippen LogP contribution in [0.1, 0.15) is 18.4 Å². The highest BCUT2D eigenvalue weighted by Crippen LogP contribution is 2.38. The number of ether oxygens (including phenoxy) is 2. The van der Waals surface area contributed by atoms with Gasteiger partial charge in [-0.2, -0.15) is 22.0 Å². The molecule has 1 aliphatic heterocycles. The molecule has 1 heterocycles. The Morgan fingerprint density at radius 3 is 2.52 bits per heavy atom. The average Bonchev–Trinajstić information content (AvgIpc) is 2.49. The van der Waals surface area contributed by atoms with Gasteiger partial charge in [0.15, 0.2) is 0 Å². The fourth-order valence-electron chi connectivity index (χ4n) is 2.17. The normalized spacial score (nSPS) is 19.6. The molecular weight excluding hydrogens is 321 g/mol. The summed E-state index contributed by atoms with van der Waals surface area (Å²) in [6.07, 6.45) is -9.08. The third kappa shape index (κ3) is 5.04. The highest BCUT2D eigenvalue weighted by atomic mass is 19.4. The molecule has 0 spiro atoms. The Kier molecular flexibility index (Phi) is 5.80. The van der Waals surface area contributed by atoms with Crippen molar-refractivity contribution in [3.63, 3.8) is 0 Å². The van der Waals surface area contributed by atoms with Crippen molar-refractivity contribution in [2.75, 3.05) is 13.2 Å². The molecule has 129 valence electrons. The van der Waals surface area contributed by atoms with Crippen LogP contribution in [0, 0.1) is 12.5 Å². The summed E-state index contributed by atoms with van der Waals surface area (Å²) in [5.74, 6) is -0.353. The quantitative estimate of drug-likeness (QED) is 0.798. The van der Waals surface area contributed by atoms with Crippen LogP contribution in [-0.2, 0) is 11.3 Å². The summed E-state index contributed by atoms with van der Waals surface area (Å²) in [6.45, 7) is 3.06. The van der Waals surface area contributed by atoms with Crippen LogP contribution >= 0.6 is 0 Å². The Bertz CT molecular complexity index is 501. The fourth-order valence-corrected chi connectivity index (χ4v) is 2.17. The molecule has 1 atom stereocenters. The highest BCUT2D eigenvalue weighted by molar-refractivity contribution is 5.33. The summed E-state index contributed by atoms with van der Waals surface area (Å²) in [7, 11) is 0. The van der Waals surface area contributed by atoms with Gasteiger partial charge in [-0.05, 0) is 31.4 Å². The molecule has 1 saturated heterocycles. The van der Waals surface area contributed by atoms with Crippen LogP contribution in [0.25, 0.3) is 0 Å². The van der Waals surface area contributed by atoms with E-state index >= 15 is 0 Å². The molecule has 0 aromatic heterocycles. The van der Waals surface area contributed by atoms with E-state index in [2.05, 4.69) is 10.1 Å². The van der Waals surface area contributed by atoms with Crippen molar-refractivity contribution in [3.05, 3.63) is 36.4 Å². The number of piperidine rings is 1. The van der Waals surface area contributed by atoms with Crippen molar-refractivity contribution in [1.82, 2.24) is 5.32 Å². The van der Waals surface area contributed by atoms with Gasteiger partial charge in [-0.15, -0.1) is 0 Å². The monoisotopic (exact) mass is 338 g/mol. The Morgan fingerprint density at radius 1 is 1.13 bits per heavy atom. The molecule has 1 unspecified atom stereocenters. The molecule has 23 heavy (non-hydrogen) atoms. The van der Waals surface area contributed by atoms with E-state index in [-0.39, 0.29) is 18.1 Å². The van der Waals surface area contributed by atoms with Crippen LogP contribution in [0.5, 0.6) is 5.75 Å². The number of hydrogen-bond acceptors (Lipinski definition) is 3. The van der Waals surface area contributed by atoms with E-state index in [1.807, 2.05) is 6.54 Å². The number of halogens is 5. The van der Waals surface area contributed by atoms with E-state index in [1.54, 1.807) is 0 Å². The maximum absolute atomic E-state index is 13.0. The van der Waals surface area contributed by atoms with E-state index < -0.39 is 18.0 Å². The van der Waals surface area contributed by atoms with Crippen molar-refractivity contribution in [2.45, 2.75) is 31.7 Å². The minimum atomic E-state index is -5.77. The molecule has 1 radical (unpaired) electrons. The zero-order valence-electron chi connectivity index (χ0n) is 12.2. The summed E-state index contributed by atoms with van der Waals surface area (Å²) < 4.78 is 72.0. The second-order valence-electron chi connectivity index (χ2n) is 5.26. The number of alkyl halides is 5. The zero-order chi connectivity index (χ0) is 16.9. The molecule has 0 bridgehead atoms. The van der Waals surface area contributed by atoms with E-state index in [4.69, 9.17) is 4.74 Å². The molecular formula is C15H17F5NO2. The molecule has 8 heteroatoms. The fraction of sp³-hybridized carbons (Fsp3) is 0.533. The highest BCUT2D eigenvalue weighted by Gasteiger charge is 2.61. The molecule has 1 N–H and O–H groups in total. The molecule has 0 amide bonds. The number of benzene rings is 1. The number of para-hydroxylation sites is 1. The van der Waals surface area contributed by atoms with Gasteiger partial charge in [0.2, 0.25) is 0 Å². The Balaban J connectivity index is 1.94. The van der Waals surface area contributed by atoms with Crippen molar-refractivity contribution in [3.8, 4) is 5.75 Å². The summed E-state index contributed by atoms with van der Waals surface area (Å²) >= 11 is 0. The summed E-state index contributed by atoms with van der Waals surface area (Å²) in [5, 5.41) is 3.09. The molecule has 0 saturated carbocycles. The van der Waals surface area contributed by atoms with Gasteiger partial charge in [0.05, 0.1) is 13.2 Å². The maximum atomic E-state index is 13.0. The predicted octanol–water partition coefficient (Wildman–Crippen LogP) is 3.90. The van der Waals surface area contributed by atoms with Crippen LogP contribution in [0.3, 0.4) is 0 Å². The largest absolute Gasteiger partial charge is 0.499 e. The van der Waals surface area contributed by atoms with Crippen LogP contribution in [-0.4, -0.2) is 25.4 Å². The Labute approximate surface area is 130 Å². The molecule has 2 rings (SSSR count). The van der Waals surface area contributed by atoms with Gasteiger partial charge in [-0.3, -0.25) is 0 Å². The predicted molar refractivity (Wildman–Crippen MR) is 72.8 cm³/mol. The summed E-state index contributed by atoms with van der Waals surface area (Å²) in [6, 6.07) is 5.30. The standard InChI is InChI=1S/C15H17F5NO2/c16-14(17,18)15(19,20)23-13-6-2-1-5-12(13)10-22-9-11-4-3-7-21-8-11/h1-2,5-6,8,11,21H,3-4,7,9-10H2.